The topological polar surface area (TPSA) is 81.5 Å². The maximum atomic E-state index is 10.4. The standard InChI is InChI=1S/C24H32N2O4/c1-2-3-15-29-16-7-8-17-30-22-18-25-24(26-19-22)21-13-11-20(12-14-21)9-5-4-6-10-23(27)28/h6,10-14,18-19H,2-5,7-9,15-17H2,1H3,(H,27,28)/b10-6+. The summed E-state index contributed by atoms with van der Waals surface area (Å²) in [4.78, 5) is 19.2. The minimum atomic E-state index is -0.900. The van der Waals surface area contributed by atoms with E-state index in [1.807, 2.05) is 12.1 Å². The molecule has 0 spiro atoms. The average molecular weight is 413 g/mol. The molecule has 30 heavy (non-hydrogen) atoms. The van der Waals surface area contributed by atoms with E-state index in [-0.39, 0.29) is 0 Å². The lowest BCUT2D eigenvalue weighted by Gasteiger charge is -2.07. The number of unbranched alkanes of at least 4 members (excludes halogenated alkanes) is 3. The van der Waals surface area contributed by atoms with Gasteiger partial charge in [0.1, 0.15) is 0 Å². The second kappa shape index (κ2) is 14.3. The third kappa shape index (κ3) is 9.65. The van der Waals surface area contributed by atoms with Gasteiger partial charge < -0.3 is 14.6 Å². The van der Waals surface area contributed by atoms with Crippen LogP contribution in [0.3, 0.4) is 0 Å². The maximum absolute atomic E-state index is 10.4. The molecule has 0 radical (unpaired) electrons. The zero-order chi connectivity index (χ0) is 21.4. The highest BCUT2D eigenvalue weighted by molar-refractivity contribution is 5.79. The summed E-state index contributed by atoms with van der Waals surface area (Å²) < 4.78 is 11.2. The third-order valence-electron chi connectivity index (χ3n) is 4.53. The lowest BCUT2D eigenvalue weighted by atomic mass is 10.1. The van der Waals surface area contributed by atoms with Crippen molar-refractivity contribution in [1.82, 2.24) is 9.97 Å². The van der Waals surface area contributed by atoms with Gasteiger partial charge in [-0.25, -0.2) is 14.8 Å². The van der Waals surface area contributed by atoms with Crippen molar-refractivity contribution in [2.24, 2.45) is 0 Å². The van der Waals surface area contributed by atoms with Gasteiger partial charge in [0.05, 0.1) is 19.0 Å². The molecule has 1 aromatic heterocycles. The number of carbonyl (C=O) groups is 1. The number of hydrogen-bond donors (Lipinski definition) is 1. The number of carboxylic acids is 1. The molecule has 0 saturated heterocycles. The Kier molecular flexibility index (Phi) is 11.2. The minimum Gasteiger partial charge on any atom is -0.490 e. The first kappa shape index (κ1) is 23.5. The Bertz CT molecular complexity index is 758. The second-order valence-electron chi connectivity index (χ2n) is 7.09. The Hall–Kier alpha value is -2.73. The summed E-state index contributed by atoms with van der Waals surface area (Å²) in [5.41, 5.74) is 2.17. The van der Waals surface area contributed by atoms with Crippen LogP contribution in [0.25, 0.3) is 11.4 Å². The molecule has 0 aliphatic heterocycles. The molecule has 0 unspecified atom stereocenters. The molecule has 2 aromatic rings. The van der Waals surface area contributed by atoms with Gasteiger partial charge in [-0.1, -0.05) is 43.7 Å². The van der Waals surface area contributed by atoms with Gasteiger partial charge in [0.2, 0.25) is 0 Å². The molecule has 2 rings (SSSR count). The monoisotopic (exact) mass is 412 g/mol. The van der Waals surface area contributed by atoms with Crippen molar-refractivity contribution in [2.75, 3.05) is 19.8 Å². The SMILES string of the molecule is CCCCOCCCCOc1cnc(-c2ccc(CCC/C=C/C(=O)O)cc2)nc1. The van der Waals surface area contributed by atoms with Crippen molar-refractivity contribution in [3.63, 3.8) is 0 Å². The largest absolute Gasteiger partial charge is 0.490 e. The van der Waals surface area contributed by atoms with E-state index in [0.717, 1.165) is 63.7 Å². The van der Waals surface area contributed by atoms with E-state index in [1.54, 1.807) is 18.5 Å². The van der Waals surface area contributed by atoms with Crippen LogP contribution in [0, 0.1) is 0 Å². The zero-order valence-electron chi connectivity index (χ0n) is 17.8. The van der Waals surface area contributed by atoms with Crippen molar-refractivity contribution in [2.45, 2.75) is 51.9 Å². The zero-order valence-corrected chi connectivity index (χ0v) is 17.8. The lowest BCUT2D eigenvalue weighted by Crippen LogP contribution is -2.02. The molecule has 162 valence electrons. The predicted molar refractivity (Wildman–Crippen MR) is 118 cm³/mol. The highest BCUT2D eigenvalue weighted by Crippen LogP contribution is 2.18. The summed E-state index contributed by atoms with van der Waals surface area (Å²) >= 11 is 0. The van der Waals surface area contributed by atoms with Crippen LogP contribution in [0.4, 0.5) is 0 Å². The van der Waals surface area contributed by atoms with E-state index < -0.39 is 5.97 Å². The van der Waals surface area contributed by atoms with Crippen LogP contribution in [0.2, 0.25) is 0 Å². The first-order valence-corrected chi connectivity index (χ1v) is 10.7. The van der Waals surface area contributed by atoms with Crippen LogP contribution in [-0.2, 0) is 16.0 Å². The Morgan fingerprint density at radius 1 is 1.00 bits per heavy atom. The Morgan fingerprint density at radius 3 is 2.40 bits per heavy atom. The molecular weight excluding hydrogens is 380 g/mol. The Labute approximate surface area is 179 Å². The van der Waals surface area contributed by atoms with E-state index in [9.17, 15) is 4.79 Å². The van der Waals surface area contributed by atoms with Crippen LogP contribution < -0.4 is 4.74 Å². The van der Waals surface area contributed by atoms with Crippen LogP contribution in [0.5, 0.6) is 5.75 Å². The molecule has 1 N–H and O–H groups in total. The summed E-state index contributed by atoms with van der Waals surface area (Å²) in [5, 5.41) is 8.57. The van der Waals surface area contributed by atoms with E-state index >= 15 is 0 Å². The molecule has 0 fully saturated rings. The first-order valence-electron chi connectivity index (χ1n) is 10.7. The summed E-state index contributed by atoms with van der Waals surface area (Å²) in [6.07, 6.45) is 13.1. The fourth-order valence-corrected chi connectivity index (χ4v) is 2.81. The number of aromatic nitrogens is 2. The maximum Gasteiger partial charge on any atom is 0.327 e. The van der Waals surface area contributed by atoms with Gasteiger partial charge in [-0.15, -0.1) is 0 Å². The van der Waals surface area contributed by atoms with E-state index in [1.165, 1.54) is 11.6 Å². The van der Waals surface area contributed by atoms with Gasteiger partial charge in [-0.2, -0.15) is 0 Å². The normalized spacial score (nSPS) is 11.1. The average Bonchev–Trinajstić information content (AvgIpc) is 2.76. The first-order chi connectivity index (χ1) is 14.7. The molecule has 6 heteroatoms. The van der Waals surface area contributed by atoms with Crippen molar-refractivity contribution in [3.05, 3.63) is 54.4 Å². The van der Waals surface area contributed by atoms with Crippen LogP contribution in [-0.4, -0.2) is 40.9 Å². The summed E-state index contributed by atoms with van der Waals surface area (Å²) in [7, 11) is 0. The Balaban J connectivity index is 1.69. The number of aryl methyl sites for hydroxylation is 1. The minimum absolute atomic E-state index is 0.635. The van der Waals surface area contributed by atoms with Gasteiger partial charge >= 0.3 is 5.97 Å². The highest BCUT2D eigenvalue weighted by atomic mass is 16.5. The molecule has 6 nitrogen and oxygen atoms in total. The van der Waals surface area contributed by atoms with Crippen molar-refractivity contribution >= 4 is 5.97 Å². The highest BCUT2D eigenvalue weighted by Gasteiger charge is 2.03. The molecular formula is C24H32N2O4. The molecule has 0 saturated carbocycles. The molecule has 0 amide bonds. The summed E-state index contributed by atoms with van der Waals surface area (Å²) in [6.45, 7) is 4.43. The number of carboxylic acid groups (broad SMARTS) is 1. The van der Waals surface area contributed by atoms with Crippen molar-refractivity contribution in [3.8, 4) is 17.1 Å². The number of hydrogen-bond acceptors (Lipinski definition) is 5. The fraction of sp³-hybridized carbons (Fsp3) is 0.458. The van der Waals surface area contributed by atoms with E-state index in [0.29, 0.717) is 18.2 Å². The number of benzene rings is 1. The number of allylic oxidation sites excluding steroid dienone is 1. The van der Waals surface area contributed by atoms with E-state index in [2.05, 4.69) is 29.0 Å². The number of ether oxygens (including phenoxy) is 2. The molecule has 0 atom stereocenters. The fourth-order valence-electron chi connectivity index (χ4n) is 2.81. The molecule has 0 bridgehead atoms. The molecule has 1 aromatic carbocycles. The number of aliphatic carboxylic acids is 1. The quantitative estimate of drug-likeness (QED) is 0.324. The molecule has 1 heterocycles. The smallest absolute Gasteiger partial charge is 0.327 e. The van der Waals surface area contributed by atoms with Crippen LogP contribution in [0.15, 0.2) is 48.8 Å². The molecule has 0 aliphatic rings. The van der Waals surface area contributed by atoms with Gasteiger partial charge in [0.25, 0.3) is 0 Å². The predicted octanol–water partition coefficient (Wildman–Crippen LogP) is 5.08. The number of nitrogens with zero attached hydrogens (tertiary/aromatic N) is 2. The van der Waals surface area contributed by atoms with E-state index in [4.69, 9.17) is 14.6 Å². The van der Waals surface area contributed by atoms with Gasteiger partial charge in [0, 0.05) is 24.9 Å². The Morgan fingerprint density at radius 2 is 1.70 bits per heavy atom. The summed E-state index contributed by atoms with van der Waals surface area (Å²) in [5.74, 6) is 0.447. The lowest BCUT2D eigenvalue weighted by molar-refractivity contribution is -0.131. The van der Waals surface area contributed by atoms with Gasteiger partial charge in [0.15, 0.2) is 11.6 Å². The van der Waals surface area contributed by atoms with Gasteiger partial charge in [-0.3, -0.25) is 0 Å². The second-order valence-corrected chi connectivity index (χ2v) is 7.09. The number of rotatable bonds is 15. The van der Waals surface area contributed by atoms with Gasteiger partial charge in [-0.05, 0) is 44.1 Å². The van der Waals surface area contributed by atoms with Crippen LogP contribution >= 0.6 is 0 Å². The van der Waals surface area contributed by atoms with Crippen molar-refractivity contribution < 1.29 is 19.4 Å². The third-order valence-corrected chi connectivity index (χ3v) is 4.53. The van der Waals surface area contributed by atoms with Crippen molar-refractivity contribution in [1.29, 1.82) is 0 Å². The van der Waals surface area contributed by atoms with Crippen LogP contribution in [0.1, 0.15) is 51.0 Å². The molecule has 0 aliphatic carbocycles. The summed E-state index contributed by atoms with van der Waals surface area (Å²) in [6, 6.07) is 8.15.